The number of amides is 1. The maximum absolute atomic E-state index is 11.7. The Labute approximate surface area is 122 Å². The molecule has 0 aliphatic rings. The Morgan fingerprint density at radius 1 is 1.38 bits per heavy atom. The molecule has 1 amide bonds. The van der Waals surface area contributed by atoms with Crippen molar-refractivity contribution in [2.75, 3.05) is 13.7 Å². The molecule has 1 rings (SSSR count). The first kappa shape index (κ1) is 16.7. The highest BCUT2D eigenvalue weighted by molar-refractivity contribution is 5.90. The highest BCUT2D eigenvalue weighted by Gasteiger charge is 2.27. The van der Waals surface area contributed by atoms with Gasteiger partial charge in [0.05, 0.1) is 13.4 Å². The van der Waals surface area contributed by atoms with Gasteiger partial charge in [0.15, 0.2) is 6.61 Å². The summed E-state index contributed by atoms with van der Waals surface area (Å²) in [5, 5.41) is 2.50. The monoisotopic (exact) mass is 297 g/mol. The average Bonchev–Trinajstić information content (AvgIpc) is 3.03. The Kier molecular flexibility index (Phi) is 6.45. The largest absolute Gasteiger partial charge is 0.467 e. The number of hydrogen-bond acceptors (Lipinski definition) is 6. The van der Waals surface area contributed by atoms with E-state index >= 15 is 0 Å². The van der Waals surface area contributed by atoms with E-state index < -0.39 is 30.5 Å². The number of hydrogen-bond donors (Lipinski definition) is 1. The van der Waals surface area contributed by atoms with Gasteiger partial charge in [-0.1, -0.05) is 20.3 Å². The molecule has 116 valence electrons. The first-order valence-corrected chi connectivity index (χ1v) is 6.57. The molecular formula is C14H19NO6. The highest BCUT2D eigenvalue weighted by Crippen LogP contribution is 2.09. The van der Waals surface area contributed by atoms with E-state index in [9.17, 15) is 14.4 Å². The van der Waals surface area contributed by atoms with Crippen LogP contribution in [0.15, 0.2) is 22.8 Å². The van der Waals surface area contributed by atoms with Crippen molar-refractivity contribution in [2.45, 2.75) is 26.3 Å². The molecule has 0 radical (unpaired) electrons. The van der Waals surface area contributed by atoms with Crippen LogP contribution in [0.4, 0.5) is 0 Å². The van der Waals surface area contributed by atoms with Gasteiger partial charge in [-0.3, -0.25) is 4.79 Å². The van der Waals surface area contributed by atoms with E-state index in [1.807, 2.05) is 13.8 Å². The second kappa shape index (κ2) is 8.08. The number of carbonyl (C=O) groups is 3. The van der Waals surface area contributed by atoms with Crippen molar-refractivity contribution in [3.63, 3.8) is 0 Å². The van der Waals surface area contributed by atoms with Gasteiger partial charge >= 0.3 is 11.9 Å². The van der Waals surface area contributed by atoms with Gasteiger partial charge in [0.25, 0.3) is 5.91 Å². The van der Waals surface area contributed by atoms with E-state index in [-0.39, 0.29) is 11.7 Å². The molecule has 1 aromatic heterocycles. The molecule has 7 heteroatoms. The fourth-order valence-electron chi connectivity index (χ4n) is 1.61. The van der Waals surface area contributed by atoms with Gasteiger partial charge in [0, 0.05) is 0 Å². The maximum atomic E-state index is 11.7. The van der Waals surface area contributed by atoms with Crippen LogP contribution in [0, 0.1) is 5.92 Å². The quantitative estimate of drug-likeness (QED) is 0.758. The summed E-state index contributed by atoms with van der Waals surface area (Å²) in [6.07, 6.45) is 2.01. The van der Waals surface area contributed by atoms with Gasteiger partial charge in [-0.05, 0) is 18.1 Å². The Morgan fingerprint density at radius 2 is 2.10 bits per heavy atom. The predicted molar refractivity (Wildman–Crippen MR) is 72.4 cm³/mol. The summed E-state index contributed by atoms with van der Waals surface area (Å²) >= 11 is 0. The minimum Gasteiger partial charge on any atom is -0.467 e. The Morgan fingerprint density at radius 3 is 2.62 bits per heavy atom. The van der Waals surface area contributed by atoms with Crippen molar-refractivity contribution in [3.8, 4) is 0 Å². The van der Waals surface area contributed by atoms with Crippen molar-refractivity contribution in [1.82, 2.24) is 5.32 Å². The van der Waals surface area contributed by atoms with Crippen LogP contribution < -0.4 is 5.32 Å². The fourth-order valence-corrected chi connectivity index (χ4v) is 1.61. The van der Waals surface area contributed by atoms with Crippen LogP contribution in [0.2, 0.25) is 0 Å². The van der Waals surface area contributed by atoms with E-state index in [2.05, 4.69) is 10.1 Å². The summed E-state index contributed by atoms with van der Waals surface area (Å²) in [5.74, 6) is -1.94. The van der Waals surface area contributed by atoms with Crippen molar-refractivity contribution < 1.29 is 28.3 Å². The number of carbonyl (C=O) groups excluding carboxylic acids is 3. The summed E-state index contributed by atoms with van der Waals surface area (Å²) in [7, 11) is 1.25. The zero-order chi connectivity index (χ0) is 15.8. The topological polar surface area (TPSA) is 94.8 Å². The molecule has 1 heterocycles. The highest BCUT2D eigenvalue weighted by atomic mass is 16.5. The number of methoxy groups -OCH3 is 1. The third-order valence-corrected chi connectivity index (χ3v) is 3.04. The van der Waals surface area contributed by atoms with Gasteiger partial charge in [0.2, 0.25) is 5.76 Å². The van der Waals surface area contributed by atoms with Crippen molar-refractivity contribution in [3.05, 3.63) is 24.2 Å². The number of rotatable bonds is 7. The van der Waals surface area contributed by atoms with Gasteiger partial charge < -0.3 is 19.2 Å². The molecule has 7 nitrogen and oxygen atoms in total. The minimum atomic E-state index is -0.769. The van der Waals surface area contributed by atoms with Gasteiger partial charge in [-0.25, -0.2) is 9.59 Å². The Hall–Kier alpha value is -2.31. The predicted octanol–water partition coefficient (Wildman–Crippen LogP) is 1.14. The van der Waals surface area contributed by atoms with Gasteiger partial charge in [0.1, 0.15) is 6.04 Å². The lowest BCUT2D eigenvalue weighted by molar-refractivity contribution is -0.147. The van der Waals surface area contributed by atoms with Crippen molar-refractivity contribution in [1.29, 1.82) is 0 Å². The number of esters is 2. The second-order valence-electron chi connectivity index (χ2n) is 4.51. The molecule has 2 atom stereocenters. The van der Waals surface area contributed by atoms with Gasteiger partial charge in [-0.2, -0.15) is 0 Å². The molecule has 1 N–H and O–H groups in total. The lowest BCUT2D eigenvalue weighted by Gasteiger charge is -2.21. The normalized spacial score (nSPS) is 13.1. The molecule has 1 aromatic rings. The van der Waals surface area contributed by atoms with Crippen LogP contribution in [0.25, 0.3) is 0 Å². The molecule has 0 aliphatic carbocycles. The molecule has 21 heavy (non-hydrogen) atoms. The molecule has 0 aliphatic heterocycles. The third-order valence-electron chi connectivity index (χ3n) is 3.04. The minimum absolute atomic E-state index is 0.00856. The third kappa shape index (κ3) is 4.94. The first-order chi connectivity index (χ1) is 9.99. The van der Waals surface area contributed by atoms with Crippen LogP contribution in [0.3, 0.4) is 0 Å². The molecule has 0 bridgehead atoms. The fraction of sp³-hybridized carbons (Fsp3) is 0.500. The van der Waals surface area contributed by atoms with Crippen molar-refractivity contribution >= 4 is 17.8 Å². The average molecular weight is 297 g/mol. The summed E-state index contributed by atoms with van der Waals surface area (Å²) in [6, 6.07) is 2.19. The van der Waals surface area contributed by atoms with E-state index in [1.54, 1.807) is 0 Å². The molecule has 2 unspecified atom stereocenters. The summed E-state index contributed by atoms with van der Waals surface area (Å²) < 4.78 is 14.3. The number of ether oxygens (including phenoxy) is 2. The van der Waals surface area contributed by atoms with E-state index in [0.717, 1.165) is 0 Å². The SMILES string of the molecule is CCC(C)C(NC(=O)COC(=O)c1ccco1)C(=O)OC. The maximum Gasteiger partial charge on any atom is 0.374 e. The Bertz CT molecular complexity index is 482. The van der Waals surface area contributed by atoms with Crippen LogP contribution in [-0.4, -0.2) is 37.6 Å². The second-order valence-corrected chi connectivity index (χ2v) is 4.51. The Balaban J connectivity index is 2.50. The number of furan rings is 1. The molecule has 0 spiro atoms. The lowest BCUT2D eigenvalue weighted by Crippen LogP contribution is -2.47. The molecule has 0 fully saturated rings. The molecule has 0 aromatic carbocycles. The molecular weight excluding hydrogens is 278 g/mol. The van der Waals surface area contributed by atoms with E-state index in [0.29, 0.717) is 6.42 Å². The molecule has 0 saturated carbocycles. The zero-order valence-corrected chi connectivity index (χ0v) is 12.3. The first-order valence-electron chi connectivity index (χ1n) is 6.57. The summed E-state index contributed by atoms with van der Waals surface area (Å²) in [5.41, 5.74) is 0. The standard InChI is InChI=1S/C14H19NO6/c1-4-9(2)12(14(18)19-3)15-11(16)8-21-13(17)10-6-5-7-20-10/h5-7,9,12H,4,8H2,1-3H3,(H,15,16). The lowest BCUT2D eigenvalue weighted by atomic mass is 9.99. The summed E-state index contributed by atoms with van der Waals surface area (Å²) in [4.78, 5) is 34.8. The van der Waals surface area contributed by atoms with Crippen molar-refractivity contribution in [2.24, 2.45) is 5.92 Å². The zero-order valence-electron chi connectivity index (χ0n) is 12.3. The summed E-state index contributed by atoms with van der Waals surface area (Å²) in [6.45, 7) is 3.21. The van der Waals surface area contributed by atoms with E-state index in [4.69, 9.17) is 9.15 Å². The van der Waals surface area contributed by atoms with Crippen LogP contribution in [-0.2, 0) is 19.1 Å². The van der Waals surface area contributed by atoms with Crippen LogP contribution in [0.5, 0.6) is 0 Å². The van der Waals surface area contributed by atoms with Crippen LogP contribution >= 0.6 is 0 Å². The number of nitrogens with one attached hydrogen (secondary N) is 1. The smallest absolute Gasteiger partial charge is 0.374 e. The van der Waals surface area contributed by atoms with Gasteiger partial charge in [-0.15, -0.1) is 0 Å². The molecule has 0 saturated heterocycles. The van der Waals surface area contributed by atoms with E-state index in [1.165, 1.54) is 25.5 Å². The van der Waals surface area contributed by atoms with Crippen LogP contribution in [0.1, 0.15) is 30.8 Å².